The van der Waals surface area contributed by atoms with Gasteiger partial charge < -0.3 is 14.5 Å². The van der Waals surface area contributed by atoms with Crippen molar-refractivity contribution in [2.24, 2.45) is 11.3 Å². The van der Waals surface area contributed by atoms with Crippen LogP contribution in [-0.2, 0) is 4.43 Å². The smallest absolute Gasteiger partial charge is 0.192 e. The van der Waals surface area contributed by atoms with Crippen molar-refractivity contribution in [3.63, 3.8) is 0 Å². The molecule has 0 saturated heterocycles. The van der Waals surface area contributed by atoms with Gasteiger partial charge in [0.2, 0.25) is 0 Å². The number of rotatable bonds is 11. The first kappa shape index (κ1) is 22.4. The minimum absolute atomic E-state index is 0.239. The molecule has 0 radical (unpaired) electrons. The van der Waals surface area contributed by atoms with Gasteiger partial charge in [0, 0.05) is 6.54 Å². The Morgan fingerprint density at radius 1 is 1.19 bits per heavy atom. The third kappa shape index (κ3) is 5.55. The van der Waals surface area contributed by atoms with Crippen LogP contribution in [0.1, 0.15) is 59.1 Å². The maximum Gasteiger partial charge on any atom is 0.192 e. The van der Waals surface area contributed by atoms with E-state index in [9.17, 15) is 4.39 Å². The molecular weight excluding hydrogens is 357 g/mol. The van der Waals surface area contributed by atoms with Gasteiger partial charge in [0.25, 0.3) is 0 Å². The lowest BCUT2D eigenvalue weighted by Gasteiger charge is -2.43. The van der Waals surface area contributed by atoms with Gasteiger partial charge in [-0.25, -0.2) is 4.39 Å². The van der Waals surface area contributed by atoms with Gasteiger partial charge >= 0.3 is 0 Å². The average Bonchev–Trinajstić information content (AvgIpc) is 2.63. The van der Waals surface area contributed by atoms with Crippen LogP contribution in [0, 0.1) is 17.2 Å². The number of ether oxygens (including phenoxy) is 1. The van der Waals surface area contributed by atoms with Crippen molar-refractivity contribution in [1.82, 2.24) is 5.32 Å². The molecule has 154 valence electrons. The maximum atomic E-state index is 14.8. The van der Waals surface area contributed by atoms with Crippen molar-refractivity contribution in [2.75, 3.05) is 20.2 Å². The fraction of sp³-hybridized carbons (Fsp3) is 0.727. The van der Waals surface area contributed by atoms with E-state index in [0.29, 0.717) is 29.2 Å². The highest BCUT2D eigenvalue weighted by atomic mass is 28.4. The summed E-state index contributed by atoms with van der Waals surface area (Å²) in [4.78, 5) is 0. The van der Waals surface area contributed by atoms with Crippen LogP contribution in [0.3, 0.4) is 0 Å². The maximum absolute atomic E-state index is 14.8. The highest BCUT2D eigenvalue weighted by Gasteiger charge is 2.37. The third-order valence-corrected chi connectivity index (χ3v) is 11.0. The van der Waals surface area contributed by atoms with Gasteiger partial charge in [-0.2, -0.15) is 0 Å². The average molecular weight is 396 g/mol. The lowest BCUT2D eigenvalue weighted by Crippen LogP contribution is -2.42. The molecule has 0 heterocycles. The van der Waals surface area contributed by atoms with Crippen LogP contribution < -0.4 is 10.1 Å². The summed E-state index contributed by atoms with van der Waals surface area (Å²) in [6.07, 6.45) is 2.21. The van der Waals surface area contributed by atoms with Gasteiger partial charge in [-0.15, -0.1) is 0 Å². The second-order valence-corrected chi connectivity index (χ2v) is 13.5. The highest BCUT2D eigenvalue weighted by Crippen LogP contribution is 2.44. The van der Waals surface area contributed by atoms with E-state index in [1.165, 1.54) is 18.9 Å². The summed E-state index contributed by atoms with van der Waals surface area (Å²) in [5.74, 6) is 1.06. The van der Waals surface area contributed by atoms with Crippen LogP contribution in [-0.4, -0.2) is 28.5 Å². The number of hydrogen-bond donors (Lipinski definition) is 1. The highest BCUT2D eigenvalue weighted by molar-refractivity contribution is 6.73. The molecule has 1 fully saturated rings. The molecule has 0 amide bonds. The first-order valence-corrected chi connectivity index (χ1v) is 13.0. The van der Waals surface area contributed by atoms with Crippen LogP contribution in [0.15, 0.2) is 18.2 Å². The molecule has 3 nitrogen and oxygen atoms in total. The van der Waals surface area contributed by atoms with Gasteiger partial charge in [0.05, 0.1) is 18.8 Å². The van der Waals surface area contributed by atoms with Crippen molar-refractivity contribution in [3.05, 3.63) is 29.6 Å². The molecule has 1 atom stereocenters. The zero-order chi connectivity index (χ0) is 20.1. The Hall–Kier alpha value is -0.913. The molecule has 1 unspecified atom stereocenters. The van der Waals surface area contributed by atoms with E-state index < -0.39 is 8.32 Å². The summed E-state index contributed by atoms with van der Waals surface area (Å²) >= 11 is 0. The summed E-state index contributed by atoms with van der Waals surface area (Å²) in [6, 6.07) is 8.17. The Balaban J connectivity index is 2.16. The fourth-order valence-corrected chi connectivity index (χ4v) is 7.38. The number of nitrogens with one attached hydrogen (secondary N) is 1. The van der Waals surface area contributed by atoms with Crippen molar-refractivity contribution < 1.29 is 13.6 Å². The minimum atomic E-state index is -1.88. The van der Waals surface area contributed by atoms with Gasteiger partial charge in [0.15, 0.2) is 8.32 Å². The third-order valence-electron chi connectivity index (χ3n) is 6.33. The lowest BCUT2D eigenvalue weighted by atomic mass is 9.64. The summed E-state index contributed by atoms with van der Waals surface area (Å²) in [5.41, 5.74) is 1.04. The summed E-state index contributed by atoms with van der Waals surface area (Å²) in [5, 5.41) is 3.57. The molecule has 1 aliphatic rings. The molecule has 27 heavy (non-hydrogen) atoms. The summed E-state index contributed by atoms with van der Waals surface area (Å²) in [6.45, 7) is 12.9. The molecule has 2 rings (SSSR count). The Labute approximate surface area is 166 Å². The largest absolute Gasteiger partial charge is 0.496 e. The number of methoxy groups -OCH3 is 1. The van der Waals surface area contributed by atoms with E-state index in [-0.39, 0.29) is 11.9 Å². The van der Waals surface area contributed by atoms with Crippen LogP contribution in [0.25, 0.3) is 0 Å². The second kappa shape index (κ2) is 9.53. The topological polar surface area (TPSA) is 30.5 Å². The van der Waals surface area contributed by atoms with E-state index in [2.05, 4.69) is 39.9 Å². The quantitative estimate of drug-likeness (QED) is 0.472. The SMILES string of the molecule is CC[Si](CC)(CC)OC(CNCC1CC(C)(C)C1)c1c(F)cccc1OC. The van der Waals surface area contributed by atoms with Gasteiger partial charge in [-0.1, -0.05) is 40.7 Å². The van der Waals surface area contributed by atoms with E-state index in [4.69, 9.17) is 9.16 Å². The molecule has 0 aliphatic heterocycles. The first-order valence-electron chi connectivity index (χ1n) is 10.5. The van der Waals surface area contributed by atoms with Crippen LogP contribution >= 0.6 is 0 Å². The molecule has 5 heteroatoms. The molecular formula is C22H38FNO2Si. The molecule has 1 aromatic rings. The van der Waals surface area contributed by atoms with Crippen LogP contribution in [0.5, 0.6) is 5.75 Å². The van der Waals surface area contributed by atoms with Gasteiger partial charge in [-0.05, 0) is 61.0 Å². The Morgan fingerprint density at radius 3 is 2.33 bits per heavy atom. The zero-order valence-electron chi connectivity index (χ0n) is 18.0. The Bertz CT molecular complexity index is 588. The number of hydrogen-bond acceptors (Lipinski definition) is 3. The van der Waals surface area contributed by atoms with Crippen molar-refractivity contribution in [3.8, 4) is 5.75 Å². The molecule has 1 aromatic carbocycles. The molecule has 0 aromatic heterocycles. The van der Waals surface area contributed by atoms with Crippen molar-refractivity contribution in [1.29, 1.82) is 0 Å². The van der Waals surface area contributed by atoms with E-state index >= 15 is 0 Å². The second-order valence-electron chi connectivity index (χ2n) is 8.80. The molecule has 1 N–H and O–H groups in total. The zero-order valence-corrected chi connectivity index (χ0v) is 19.0. The van der Waals surface area contributed by atoms with Crippen LogP contribution in [0.2, 0.25) is 18.1 Å². The molecule has 0 bridgehead atoms. The monoisotopic (exact) mass is 395 g/mol. The molecule has 1 saturated carbocycles. The number of benzene rings is 1. The van der Waals surface area contributed by atoms with Crippen molar-refractivity contribution in [2.45, 2.75) is 71.7 Å². The van der Waals surface area contributed by atoms with Crippen LogP contribution in [0.4, 0.5) is 4.39 Å². The van der Waals surface area contributed by atoms with Gasteiger partial charge in [0.1, 0.15) is 11.6 Å². The van der Waals surface area contributed by atoms with E-state index in [1.807, 2.05) is 6.07 Å². The summed E-state index contributed by atoms with van der Waals surface area (Å²) < 4.78 is 27.0. The van der Waals surface area contributed by atoms with E-state index in [0.717, 1.165) is 24.7 Å². The lowest BCUT2D eigenvalue weighted by molar-refractivity contribution is 0.0911. The van der Waals surface area contributed by atoms with Crippen molar-refractivity contribution >= 4 is 8.32 Å². The predicted octanol–water partition coefficient (Wildman–Crippen LogP) is 5.92. The minimum Gasteiger partial charge on any atom is -0.496 e. The fourth-order valence-electron chi connectivity index (χ4n) is 4.58. The van der Waals surface area contributed by atoms with Gasteiger partial charge in [-0.3, -0.25) is 0 Å². The van der Waals surface area contributed by atoms with E-state index in [1.54, 1.807) is 13.2 Å². The standard InChI is InChI=1S/C22H38FNO2Si/c1-7-27(8-2,9-3)26-20(16-24-15-17-13-22(4,5)14-17)21-18(23)11-10-12-19(21)25-6/h10-12,17,20,24H,7-9,13-16H2,1-6H3. The Kier molecular flexibility index (Phi) is 7.90. The Morgan fingerprint density at radius 2 is 1.81 bits per heavy atom. The number of halogens is 1. The molecule has 0 spiro atoms. The normalized spacial score (nSPS) is 18.2. The summed E-state index contributed by atoms with van der Waals surface area (Å²) in [7, 11) is -0.278. The first-order chi connectivity index (χ1) is 12.8. The predicted molar refractivity (Wildman–Crippen MR) is 113 cm³/mol. The molecule has 1 aliphatic carbocycles.